The molecule has 4 heteroatoms. The Morgan fingerprint density at radius 2 is 2.18 bits per heavy atom. The average molecular weight is 253 g/mol. The molecule has 17 heavy (non-hydrogen) atoms. The molecule has 2 N–H and O–H groups in total. The lowest BCUT2D eigenvalue weighted by molar-refractivity contribution is -0.117. The van der Waals surface area contributed by atoms with Gasteiger partial charge in [0.15, 0.2) is 0 Å². The Morgan fingerprint density at radius 3 is 2.71 bits per heavy atom. The summed E-state index contributed by atoms with van der Waals surface area (Å²) in [6, 6.07) is 3.94. The van der Waals surface area contributed by atoms with E-state index in [9.17, 15) is 4.79 Å². The Labute approximate surface area is 107 Å². The first-order valence-electron chi connectivity index (χ1n) is 5.80. The predicted octanol–water partition coefficient (Wildman–Crippen LogP) is 2.27. The van der Waals surface area contributed by atoms with Crippen LogP contribution in [0.2, 0.25) is 5.02 Å². The van der Waals surface area contributed by atoms with Crippen LogP contribution in [0.1, 0.15) is 17.5 Å². The van der Waals surface area contributed by atoms with Gasteiger partial charge in [0.25, 0.3) is 0 Å². The van der Waals surface area contributed by atoms with E-state index in [0.717, 1.165) is 16.8 Å². The number of nitrogens with zero attached hydrogens (tertiary/aromatic N) is 1. The Balaban J connectivity index is 2.38. The molecule has 1 amide bonds. The molecule has 92 valence electrons. The van der Waals surface area contributed by atoms with Crippen molar-refractivity contribution >= 4 is 23.2 Å². The third-order valence-electron chi connectivity index (χ3n) is 3.21. The van der Waals surface area contributed by atoms with Crippen molar-refractivity contribution in [1.82, 2.24) is 0 Å². The number of hydrogen-bond donors (Lipinski definition) is 1. The number of hydrogen-bond acceptors (Lipinski definition) is 2. The molecule has 3 nitrogen and oxygen atoms in total. The number of aryl methyl sites for hydroxylation is 2. The van der Waals surface area contributed by atoms with Crippen molar-refractivity contribution in [2.75, 3.05) is 18.0 Å². The van der Waals surface area contributed by atoms with Gasteiger partial charge < -0.3 is 10.6 Å². The first-order valence-corrected chi connectivity index (χ1v) is 6.18. The normalized spacial score (nSPS) is 20.1. The zero-order valence-electron chi connectivity index (χ0n) is 10.2. The number of carbonyl (C=O) groups is 1. The lowest BCUT2D eigenvalue weighted by Crippen LogP contribution is -2.26. The molecule has 1 aromatic carbocycles. The average Bonchev–Trinajstić information content (AvgIpc) is 2.59. The fourth-order valence-electron chi connectivity index (χ4n) is 2.41. The van der Waals surface area contributed by atoms with Crippen LogP contribution < -0.4 is 10.6 Å². The molecule has 1 heterocycles. The van der Waals surface area contributed by atoms with Crippen LogP contribution in [0.4, 0.5) is 5.69 Å². The highest BCUT2D eigenvalue weighted by molar-refractivity contribution is 6.34. The smallest absolute Gasteiger partial charge is 0.227 e. The van der Waals surface area contributed by atoms with E-state index in [4.69, 9.17) is 17.3 Å². The third kappa shape index (κ3) is 2.31. The van der Waals surface area contributed by atoms with Gasteiger partial charge in [-0.3, -0.25) is 4.79 Å². The molecule has 0 spiro atoms. The third-order valence-corrected chi connectivity index (χ3v) is 3.49. The molecule has 1 aliphatic rings. The van der Waals surface area contributed by atoms with Gasteiger partial charge in [-0.1, -0.05) is 17.7 Å². The second-order valence-corrected chi connectivity index (χ2v) is 5.13. The van der Waals surface area contributed by atoms with E-state index in [2.05, 4.69) is 0 Å². The van der Waals surface area contributed by atoms with E-state index < -0.39 is 0 Å². The van der Waals surface area contributed by atoms with E-state index >= 15 is 0 Å². The van der Waals surface area contributed by atoms with Crippen LogP contribution in [-0.4, -0.2) is 19.0 Å². The first kappa shape index (κ1) is 12.4. The number of nitrogens with two attached hydrogens (primary N) is 1. The zero-order chi connectivity index (χ0) is 12.6. The number of benzene rings is 1. The molecular formula is C13H17ClN2O. The SMILES string of the molecule is Cc1cc(C)c(N2CC(CN)CC2=O)c(Cl)c1. The second-order valence-electron chi connectivity index (χ2n) is 4.72. The van der Waals surface area contributed by atoms with Crippen molar-refractivity contribution in [3.8, 4) is 0 Å². The molecule has 2 rings (SSSR count). The maximum atomic E-state index is 11.9. The largest absolute Gasteiger partial charge is 0.330 e. The van der Waals surface area contributed by atoms with Crippen molar-refractivity contribution in [3.63, 3.8) is 0 Å². The van der Waals surface area contributed by atoms with Gasteiger partial charge in [-0.05, 0) is 43.5 Å². The van der Waals surface area contributed by atoms with Crippen molar-refractivity contribution in [1.29, 1.82) is 0 Å². The molecule has 1 unspecified atom stereocenters. The molecule has 1 atom stereocenters. The van der Waals surface area contributed by atoms with Crippen LogP contribution in [0.5, 0.6) is 0 Å². The van der Waals surface area contributed by atoms with E-state index in [-0.39, 0.29) is 11.8 Å². The monoisotopic (exact) mass is 252 g/mol. The second kappa shape index (κ2) is 4.67. The first-order chi connectivity index (χ1) is 8.02. The molecular weight excluding hydrogens is 236 g/mol. The Morgan fingerprint density at radius 1 is 1.47 bits per heavy atom. The lowest BCUT2D eigenvalue weighted by Gasteiger charge is -2.21. The van der Waals surface area contributed by atoms with Crippen LogP contribution in [0, 0.1) is 19.8 Å². The summed E-state index contributed by atoms with van der Waals surface area (Å²) in [6.45, 7) is 5.21. The van der Waals surface area contributed by atoms with Crippen LogP contribution in [0.15, 0.2) is 12.1 Å². The van der Waals surface area contributed by atoms with Gasteiger partial charge in [-0.15, -0.1) is 0 Å². The molecule has 0 aromatic heterocycles. The summed E-state index contributed by atoms with van der Waals surface area (Å²) in [6.07, 6.45) is 0.528. The number of amides is 1. The van der Waals surface area contributed by atoms with Gasteiger partial charge in [0.2, 0.25) is 5.91 Å². The van der Waals surface area contributed by atoms with Crippen molar-refractivity contribution in [3.05, 3.63) is 28.3 Å². The van der Waals surface area contributed by atoms with E-state index in [0.29, 0.717) is 24.5 Å². The zero-order valence-corrected chi connectivity index (χ0v) is 10.9. The lowest BCUT2D eigenvalue weighted by atomic mass is 10.1. The van der Waals surface area contributed by atoms with Crippen LogP contribution >= 0.6 is 11.6 Å². The van der Waals surface area contributed by atoms with Gasteiger partial charge in [0.05, 0.1) is 10.7 Å². The number of anilines is 1. The highest BCUT2D eigenvalue weighted by Gasteiger charge is 2.31. The number of rotatable bonds is 2. The van der Waals surface area contributed by atoms with Gasteiger partial charge in [0.1, 0.15) is 0 Å². The summed E-state index contributed by atoms with van der Waals surface area (Å²) < 4.78 is 0. The summed E-state index contributed by atoms with van der Waals surface area (Å²) in [7, 11) is 0. The highest BCUT2D eigenvalue weighted by Crippen LogP contribution is 2.34. The van der Waals surface area contributed by atoms with Gasteiger partial charge >= 0.3 is 0 Å². The molecule has 1 fully saturated rings. The maximum absolute atomic E-state index is 11.9. The van der Waals surface area contributed by atoms with E-state index in [1.54, 1.807) is 4.90 Å². The van der Waals surface area contributed by atoms with Gasteiger partial charge in [-0.2, -0.15) is 0 Å². The predicted molar refractivity (Wildman–Crippen MR) is 70.4 cm³/mol. The Hall–Kier alpha value is -1.06. The maximum Gasteiger partial charge on any atom is 0.227 e. The number of halogens is 1. The summed E-state index contributed by atoms with van der Waals surface area (Å²) in [5, 5.41) is 0.647. The minimum absolute atomic E-state index is 0.120. The van der Waals surface area contributed by atoms with E-state index in [1.807, 2.05) is 26.0 Å². The quantitative estimate of drug-likeness (QED) is 0.878. The van der Waals surface area contributed by atoms with E-state index in [1.165, 1.54) is 0 Å². The fourth-order valence-corrected chi connectivity index (χ4v) is 2.83. The molecule has 0 saturated carbocycles. The Kier molecular flexibility index (Phi) is 3.40. The highest BCUT2D eigenvalue weighted by atomic mass is 35.5. The van der Waals surface area contributed by atoms with Crippen LogP contribution in [0.3, 0.4) is 0 Å². The summed E-state index contributed by atoms with van der Waals surface area (Å²) in [5.74, 6) is 0.369. The molecule has 1 aromatic rings. The molecule has 1 aliphatic heterocycles. The molecule has 0 radical (unpaired) electrons. The van der Waals surface area contributed by atoms with Crippen molar-refractivity contribution in [2.24, 2.45) is 11.7 Å². The van der Waals surface area contributed by atoms with Crippen LogP contribution in [0.25, 0.3) is 0 Å². The summed E-state index contributed by atoms with van der Waals surface area (Å²) in [5.41, 5.74) is 8.62. The fraction of sp³-hybridized carbons (Fsp3) is 0.462. The minimum Gasteiger partial charge on any atom is -0.330 e. The van der Waals surface area contributed by atoms with Crippen LogP contribution in [-0.2, 0) is 4.79 Å². The van der Waals surface area contributed by atoms with Crippen molar-refractivity contribution < 1.29 is 4.79 Å². The van der Waals surface area contributed by atoms with Gasteiger partial charge in [-0.25, -0.2) is 0 Å². The molecule has 1 saturated heterocycles. The van der Waals surface area contributed by atoms with Gasteiger partial charge in [0, 0.05) is 13.0 Å². The van der Waals surface area contributed by atoms with Crippen molar-refractivity contribution in [2.45, 2.75) is 20.3 Å². The topological polar surface area (TPSA) is 46.3 Å². The molecule has 0 aliphatic carbocycles. The standard InChI is InChI=1S/C13H17ClN2O/c1-8-3-9(2)13(11(14)4-8)16-7-10(6-15)5-12(16)17/h3-4,10H,5-7,15H2,1-2H3. The molecule has 0 bridgehead atoms. The number of carbonyl (C=O) groups excluding carboxylic acids is 1. The summed E-state index contributed by atoms with van der Waals surface area (Å²) >= 11 is 6.25. The Bertz CT molecular complexity index is 436. The minimum atomic E-state index is 0.120. The summed E-state index contributed by atoms with van der Waals surface area (Å²) in [4.78, 5) is 13.7.